The molecule has 4 unspecified atom stereocenters. The molecular weight excluding hydrogens is 400 g/mol. The van der Waals surface area contributed by atoms with Crippen molar-refractivity contribution < 1.29 is 4.57 Å². The zero-order valence-corrected chi connectivity index (χ0v) is 20.7. The number of hydrogen-bond acceptors (Lipinski definition) is 1. The van der Waals surface area contributed by atoms with Crippen LogP contribution >= 0.6 is 0 Å². The summed E-state index contributed by atoms with van der Waals surface area (Å²) in [6.45, 7) is 11.7. The molecule has 3 aromatic rings. The smallest absolute Gasteiger partial charge is 0.235 e. The van der Waals surface area contributed by atoms with Gasteiger partial charge < -0.3 is 0 Å². The van der Waals surface area contributed by atoms with Crippen LogP contribution in [0.15, 0.2) is 60.2 Å². The van der Waals surface area contributed by atoms with Crippen molar-refractivity contribution in [2.45, 2.75) is 77.7 Å². The third kappa shape index (κ3) is 2.86. The number of para-hydroxylation sites is 2. The van der Waals surface area contributed by atoms with E-state index in [0.717, 1.165) is 11.9 Å². The van der Waals surface area contributed by atoms with E-state index in [1.807, 2.05) is 0 Å². The topological polar surface area (TPSA) is 16.8 Å². The third-order valence-corrected chi connectivity index (χ3v) is 8.74. The second-order valence-corrected chi connectivity index (χ2v) is 10.8. The van der Waals surface area contributed by atoms with Crippen molar-refractivity contribution in [3.63, 3.8) is 0 Å². The van der Waals surface area contributed by atoms with Crippen molar-refractivity contribution in [1.29, 1.82) is 0 Å². The molecular formula is C31H35N2+. The lowest BCUT2D eigenvalue weighted by Gasteiger charge is -2.40. The van der Waals surface area contributed by atoms with Crippen molar-refractivity contribution in [2.75, 3.05) is 0 Å². The molecule has 0 radical (unpaired) electrons. The summed E-state index contributed by atoms with van der Waals surface area (Å²) in [6.07, 6.45) is 11.8. The first-order valence-electron chi connectivity index (χ1n) is 12.8. The molecule has 1 aromatic heterocycles. The molecule has 0 saturated heterocycles. The second-order valence-electron chi connectivity index (χ2n) is 10.8. The molecule has 0 amide bonds. The Balaban J connectivity index is 1.80. The van der Waals surface area contributed by atoms with Gasteiger partial charge in [0.2, 0.25) is 11.2 Å². The van der Waals surface area contributed by atoms with Crippen LogP contribution in [0.4, 0.5) is 0 Å². The Kier molecular flexibility index (Phi) is 4.66. The van der Waals surface area contributed by atoms with Gasteiger partial charge in [0.1, 0.15) is 11.2 Å². The lowest BCUT2D eigenvalue weighted by molar-refractivity contribution is -0.704. The minimum absolute atomic E-state index is 0.198. The predicted molar refractivity (Wildman–Crippen MR) is 137 cm³/mol. The highest BCUT2D eigenvalue weighted by atomic mass is 15.1. The molecule has 2 nitrogen and oxygen atoms in total. The van der Waals surface area contributed by atoms with Gasteiger partial charge in [-0.05, 0) is 69.7 Å². The van der Waals surface area contributed by atoms with Crippen molar-refractivity contribution in [1.82, 2.24) is 4.98 Å². The number of allylic oxidation sites excluding steroid dienone is 4. The van der Waals surface area contributed by atoms with Gasteiger partial charge in [0.05, 0.1) is 11.0 Å². The Morgan fingerprint density at radius 1 is 1.12 bits per heavy atom. The molecule has 0 bridgehead atoms. The number of benzene rings is 2. The number of hydrogen-bond donors (Lipinski definition) is 0. The Labute approximate surface area is 198 Å². The quantitative estimate of drug-likeness (QED) is 0.383. The maximum atomic E-state index is 5.39. The maximum Gasteiger partial charge on any atom is 0.235 e. The van der Waals surface area contributed by atoms with Crippen molar-refractivity contribution >= 4 is 11.0 Å². The van der Waals surface area contributed by atoms with Crippen LogP contribution in [0.1, 0.15) is 80.8 Å². The molecule has 3 aliphatic rings. The number of aromatic nitrogens is 2. The lowest BCUT2D eigenvalue weighted by Crippen LogP contribution is -2.56. The Bertz CT molecular complexity index is 1340. The van der Waals surface area contributed by atoms with Crippen LogP contribution in [-0.2, 0) is 5.41 Å². The maximum absolute atomic E-state index is 5.39. The molecule has 2 heterocycles. The first-order chi connectivity index (χ1) is 15.9. The van der Waals surface area contributed by atoms with Gasteiger partial charge in [-0.3, -0.25) is 0 Å². The molecule has 1 fully saturated rings. The SMILES string of the molecule is CCC12CCC(C)C1[n+]1c(c(C3C=C(C)C=CC3)nc3ccccc31)-c1cc(C)cc(C)c12. The summed E-state index contributed by atoms with van der Waals surface area (Å²) < 4.78 is 2.75. The van der Waals surface area contributed by atoms with E-state index in [4.69, 9.17) is 4.98 Å². The molecule has 2 heteroatoms. The lowest BCUT2D eigenvalue weighted by atomic mass is 9.66. The van der Waals surface area contributed by atoms with Crippen LogP contribution < -0.4 is 4.57 Å². The van der Waals surface area contributed by atoms with Crippen LogP contribution in [-0.4, -0.2) is 4.98 Å². The van der Waals surface area contributed by atoms with Crippen molar-refractivity contribution in [3.05, 3.63) is 82.6 Å². The summed E-state index contributed by atoms with van der Waals surface area (Å²) in [6, 6.07) is 14.2. The van der Waals surface area contributed by atoms with Gasteiger partial charge in [0, 0.05) is 17.9 Å². The largest absolute Gasteiger partial charge is 0.239 e. The fourth-order valence-corrected chi connectivity index (χ4v) is 7.52. The molecule has 4 atom stereocenters. The van der Waals surface area contributed by atoms with Crippen LogP contribution in [0, 0.1) is 19.8 Å². The molecule has 0 spiro atoms. The molecule has 2 aromatic carbocycles. The van der Waals surface area contributed by atoms with Crippen LogP contribution in [0.2, 0.25) is 0 Å². The van der Waals surface area contributed by atoms with Crippen LogP contribution in [0.3, 0.4) is 0 Å². The zero-order valence-electron chi connectivity index (χ0n) is 20.7. The summed E-state index contributed by atoms with van der Waals surface area (Å²) in [7, 11) is 0. The average Bonchev–Trinajstić information content (AvgIpc) is 3.15. The number of fused-ring (bicyclic) bond motifs is 8. The highest BCUT2D eigenvalue weighted by Crippen LogP contribution is 2.58. The van der Waals surface area contributed by atoms with E-state index < -0.39 is 0 Å². The van der Waals surface area contributed by atoms with Gasteiger partial charge in [-0.15, -0.1) is 0 Å². The Hall–Kier alpha value is -2.74. The number of aryl methyl sites for hydroxylation is 2. The molecule has 168 valence electrons. The summed E-state index contributed by atoms with van der Waals surface area (Å²) in [5, 5.41) is 0. The van der Waals surface area contributed by atoms with E-state index in [2.05, 4.69) is 93.8 Å². The number of nitrogens with zero attached hydrogens (tertiary/aromatic N) is 2. The summed E-state index contributed by atoms with van der Waals surface area (Å²) in [5.41, 5.74) is 12.5. The highest BCUT2D eigenvalue weighted by Gasteiger charge is 2.59. The van der Waals surface area contributed by atoms with E-state index >= 15 is 0 Å². The van der Waals surface area contributed by atoms with Gasteiger partial charge in [-0.1, -0.05) is 61.4 Å². The van der Waals surface area contributed by atoms with E-state index in [1.165, 1.54) is 58.4 Å². The first kappa shape index (κ1) is 20.8. The van der Waals surface area contributed by atoms with Crippen molar-refractivity contribution in [2.24, 2.45) is 5.92 Å². The zero-order chi connectivity index (χ0) is 22.9. The first-order valence-corrected chi connectivity index (χ1v) is 12.8. The van der Waals surface area contributed by atoms with Crippen LogP contribution in [0.5, 0.6) is 0 Å². The molecule has 6 rings (SSSR count). The fourth-order valence-electron chi connectivity index (χ4n) is 7.52. The van der Waals surface area contributed by atoms with E-state index in [0.29, 0.717) is 17.9 Å². The predicted octanol–water partition coefficient (Wildman–Crippen LogP) is 7.43. The van der Waals surface area contributed by atoms with E-state index in [9.17, 15) is 0 Å². The Morgan fingerprint density at radius 2 is 1.94 bits per heavy atom. The minimum atomic E-state index is 0.198. The van der Waals surface area contributed by atoms with Gasteiger partial charge in [0.15, 0.2) is 6.04 Å². The third-order valence-electron chi connectivity index (χ3n) is 8.74. The Morgan fingerprint density at radius 3 is 2.73 bits per heavy atom. The monoisotopic (exact) mass is 435 g/mol. The molecule has 2 aliphatic carbocycles. The van der Waals surface area contributed by atoms with Gasteiger partial charge in [0.25, 0.3) is 0 Å². The van der Waals surface area contributed by atoms with Gasteiger partial charge in [-0.25, -0.2) is 4.98 Å². The van der Waals surface area contributed by atoms with E-state index in [1.54, 1.807) is 5.56 Å². The molecule has 1 aliphatic heterocycles. The standard InChI is InChI=1S/C31H35N2/c1-6-31-15-14-21(4)30(31)33-26-13-8-7-12-25(26)32-28(23-11-9-10-19(2)17-23)29(33)24-18-20(3)16-22(5)27(24)31/h7-10,12-13,16-18,21,23,30H,6,11,14-15H2,1-5H3/q+1. The number of rotatable bonds is 2. The van der Waals surface area contributed by atoms with E-state index in [-0.39, 0.29) is 5.41 Å². The summed E-state index contributed by atoms with van der Waals surface area (Å²) >= 11 is 0. The van der Waals surface area contributed by atoms with Crippen LogP contribution in [0.25, 0.3) is 22.3 Å². The molecule has 33 heavy (non-hydrogen) atoms. The normalized spacial score (nSPS) is 27.8. The van der Waals surface area contributed by atoms with Gasteiger partial charge >= 0.3 is 0 Å². The molecule has 0 N–H and O–H groups in total. The second kappa shape index (κ2) is 7.38. The minimum Gasteiger partial charge on any atom is -0.239 e. The summed E-state index contributed by atoms with van der Waals surface area (Å²) in [4.78, 5) is 5.39. The molecule has 1 saturated carbocycles. The highest BCUT2D eigenvalue weighted by molar-refractivity contribution is 5.78. The average molecular weight is 436 g/mol. The fraction of sp³-hybridized carbons (Fsp3) is 0.419. The van der Waals surface area contributed by atoms with Crippen molar-refractivity contribution in [3.8, 4) is 11.3 Å². The van der Waals surface area contributed by atoms with Gasteiger partial charge in [-0.2, -0.15) is 4.57 Å². The summed E-state index contributed by atoms with van der Waals surface area (Å²) in [5.74, 6) is 0.963.